The zero-order chi connectivity index (χ0) is 15.7. The summed E-state index contributed by atoms with van der Waals surface area (Å²) in [5, 5.41) is 1.59. The molecule has 1 heterocycles. The molecule has 4 nitrogen and oxygen atoms in total. The average molecular weight is 316 g/mol. The molecular weight excluding hydrogens is 302 g/mol. The van der Waals surface area contributed by atoms with Gasteiger partial charge in [0.05, 0.1) is 24.8 Å². The number of aromatic nitrogens is 1. The summed E-state index contributed by atoms with van der Waals surface area (Å²) < 4.78 is 9.90. The lowest BCUT2D eigenvalue weighted by Crippen LogP contribution is -2.00. The van der Waals surface area contributed by atoms with Crippen molar-refractivity contribution in [2.24, 2.45) is 0 Å². The zero-order valence-corrected chi connectivity index (χ0v) is 12.9. The van der Waals surface area contributed by atoms with Crippen LogP contribution in [0.15, 0.2) is 42.6 Å². The molecule has 0 fully saturated rings. The second-order valence-electron chi connectivity index (χ2n) is 4.80. The fourth-order valence-electron chi connectivity index (χ4n) is 2.44. The van der Waals surface area contributed by atoms with Gasteiger partial charge in [0.15, 0.2) is 0 Å². The lowest BCUT2D eigenvalue weighted by molar-refractivity contribution is 0.0601. The summed E-state index contributed by atoms with van der Waals surface area (Å²) in [6.07, 6.45) is 1.87. The Morgan fingerprint density at radius 2 is 1.91 bits per heavy atom. The van der Waals surface area contributed by atoms with Crippen LogP contribution in [0.2, 0.25) is 5.02 Å². The number of benzene rings is 2. The largest absolute Gasteiger partial charge is 0.497 e. The summed E-state index contributed by atoms with van der Waals surface area (Å²) in [6.45, 7) is 0. The third-order valence-electron chi connectivity index (χ3n) is 3.57. The molecule has 0 saturated carbocycles. The van der Waals surface area contributed by atoms with Crippen LogP contribution in [0, 0.1) is 0 Å². The van der Waals surface area contributed by atoms with Gasteiger partial charge in [-0.3, -0.25) is 0 Å². The quantitative estimate of drug-likeness (QED) is 0.734. The Bertz CT molecular complexity index is 854. The number of H-pyrrole nitrogens is 1. The van der Waals surface area contributed by atoms with Crippen LogP contribution >= 0.6 is 11.6 Å². The molecular formula is C17H14ClNO3. The topological polar surface area (TPSA) is 51.3 Å². The van der Waals surface area contributed by atoms with Gasteiger partial charge in [0.1, 0.15) is 5.75 Å². The summed E-state index contributed by atoms with van der Waals surface area (Å²) in [6, 6.07) is 10.9. The van der Waals surface area contributed by atoms with E-state index in [0.29, 0.717) is 16.3 Å². The lowest BCUT2D eigenvalue weighted by atomic mass is 10.0. The summed E-state index contributed by atoms with van der Waals surface area (Å²) in [5.41, 5.74) is 3.23. The number of carbonyl (C=O) groups is 1. The maximum atomic E-state index is 11.6. The van der Waals surface area contributed by atoms with Crippen LogP contribution in [0.4, 0.5) is 0 Å². The van der Waals surface area contributed by atoms with Crippen LogP contribution < -0.4 is 4.74 Å². The highest BCUT2D eigenvalue weighted by molar-refractivity contribution is 6.34. The standard InChI is InChI=1S/C17H14ClNO3/c1-21-11-4-6-12(15(18)8-11)14-9-19-16-7-10(17(20)22-2)3-5-13(14)16/h3-9,19H,1-2H3. The summed E-state index contributed by atoms with van der Waals surface area (Å²) in [5.74, 6) is 0.349. The van der Waals surface area contributed by atoms with Gasteiger partial charge in [-0.2, -0.15) is 0 Å². The van der Waals surface area contributed by atoms with Crippen LogP contribution in [0.25, 0.3) is 22.0 Å². The molecule has 22 heavy (non-hydrogen) atoms. The number of halogens is 1. The minimum atomic E-state index is -0.361. The Kier molecular flexibility index (Phi) is 3.77. The number of hydrogen-bond acceptors (Lipinski definition) is 3. The molecule has 0 spiro atoms. The fourth-order valence-corrected chi connectivity index (χ4v) is 2.71. The smallest absolute Gasteiger partial charge is 0.337 e. The number of hydrogen-bond donors (Lipinski definition) is 1. The predicted octanol–water partition coefficient (Wildman–Crippen LogP) is 4.28. The van der Waals surface area contributed by atoms with Gasteiger partial charge in [0.2, 0.25) is 0 Å². The van der Waals surface area contributed by atoms with E-state index in [1.165, 1.54) is 7.11 Å². The summed E-state index contributed by atoms with van der Waals surface area (Å²) in [4.78, 5) is 14.8. The normalized spacial score (nSPS) is 10.7. The summed E-state index contributed by atoms with van der Waals surface area (Å²) >= 11 is 6.34. The minimum Gasteiger partial charge on any atom is -0.497 e. The van der Waals surface area contributed by atoms with Crippen molar-refractivity contribution in [2.45, 2.75) is 0 Å². The van der Waals surface area contributed by atoms with Crippen LogP contribution in [0.1, 0.15) is 10.4 Å². The zero-order valence-electron chi connectivity index (χ0n) is 12.1. The third kappa shape index (κ3) is 2.42. The highest BCUT2D eigenvalue weighted by atomic mass is 35.5. The maximum absolute atomic E-state index is 11.6. The van der Waals surface area contributed by atoms with E-state index in [4.69, 9.17) is 21.1 Å². The number of carbonyl (C=O) groups excluding carboxylic acids is 1. The predicted molar refractivity (Wildman–Crippen MR) is 86.6 cm³/mol. The van der Waals surface area contributed by atoms with Gasteiger partial charge >= 0.3 is 5.97 Å². The molecule has 112 valence electrons. The first-order valence-corrected chi connectivity index (χ1v) is 7.05. The van der Waals surface area contributed by atoms with E-state index in [1.807, 2.05) is 24.4 Å². The number of ether oxygens (including phenoxy) is 2. The Labute approximate surface area is 132 Å². The van der Waals surface area contributed by atoms with Gasteiger partial charge < -0.3 is 14.5 Å². The molecule has 1 N–H and O–H groups in total. The van der Waals surface area contributed by atoms with E-state index in [9.17, 15) is 4.79 Å². The van der Waals surface area contributed by atoms with Gasteiger partial charge in [-0.25, -0.2) is 4.79 Å². The number of esters is 1. The van der Waals surface area contributed by atoms with Crippen molar-refractivity contribution < 1.29 is 14.3 Å². The van der Waals surface area contributed by atoms with Gasteiger partial charge in [-0.05, 0) is 30.3 Å². The minimum absolute atomic E-state index is 0.361. The monoisotopic (exact) mass is 315 g/mol. The second-order valence-corrected chi connectivity index (χ2v) is 5.21. The van der Waals surface area contributed by atoms with Crippen LogP contribution in [-0.4, -0.2) is 25.2 Å². The number of nitrogens with one attached hydrogen (secondary N) is 1. The first-order chi connectivity index (χ1) is 10.6. The molecule has 0 aliphatic rings. The lowest BCUT2D eigenvalue weighted by Gasteiger charge is -2.06. The van der Waals surface area contributed by atoms with E-state index in [2.05, 4.69) is 4.98 Å². The van der Waals surface area contributed by atoms with Crippen molar-refractivity contribution in [1.29, 1.82) is 0 Å². The molecule has 0 saturated heterocycles. The molecule has 3 rings (SSSR count). The van der Waals surface area contributed by atoms with Crippen molar-refractivity contribution >= 4 is 28.5 Å². The van der Waals surface area contributed by atoms with E-state index >= 15 is 0 Å². The first kappa shape index (κ1) is 14.5. The second kappa shape index (κ2) is 5.73. The van der Waals surface area contributed by atoms with E-state index < -0.39 is 0 Å². The Morgan fingerprint density at radius 3 is 2.59 bits per heavy atom. The number of rotatable bonds is 3. The summed E-state index contributed by atoms with van der Waals surface area (Å²) in [7, 11) is 2.97. The molecule has 0 aliphatic heterocycles. The van der Waals surface area contributed by atoms with Crippen LogP contribution in [0.5, 0.6) is 5.75 Å². The highest BCUT2D eigenvalue weighted by Crippen LogP contribution is 2.35. The van der Waals surface area contributed by atoms with Crippen molar-refractivity contribution in [3.63, 3.8) is 0 Å². The third-order valence-corrected chi connectivity index (χ3v) is 3.88. The highest BCUT2D eigenvalue weighted by Gasteiger charge is 2.13. The van der Waals surface area contributed by atoms with Gasteiger partial charge in [0, 0.05) is 28.2 Å². The molecule has 1 aromatic heterocycles. The first-order valence-electron chi connectivity index (χ1n) is 6.67. The molecule has 0 bridgehead atoms. The SMILES string of the molecule is COC(=O)c1ccc2c(-c3ccc(OC)cc3Cl)c[nH]c2c1. The number of aromatic amines is 1. The molecule has 5 heteroatoms. The van der Waals surface area contributed by atoms with Crippen LogP contribution in [0.3, 0.4) is 0 Å². The molecule has 0 radical (unpaired) electrons. The molecule has 3 aromatic rings. The van der Waals surface area contributed by atoms with Crippen molar-refractivity contribution in [1.82, 2.24) is 4.98 Å². The molecule has 0 unspecified atom stereocenters. The van der Waals surface area contributed by atoms with Gasteiger partial charge in [-0.15, -0.1) is 0 Å². The Hall–Kier alpha value is -2.46. The molecule has 2 aromatic carbocycles. The van der Waals surface area contributed by atoms with Gasteiger partial charge in [0.25, 0.3) is 0 Å². The maximum Gasteiger partial charge on any atom is 0.337 e. The van der Waals surface area contributed by atoms with Crippen molar-refractivity contribution in [3.8, 4) is 16.9 Å². The van der Waals surface area contributed by atoms with E-state index in [0.717, 1.165) is 22.0 Å². The molecule has 0 aliphatic carbocycles. The van der Waals surface area contributed by atoms with Crippen LogP contribution in [-0.2, 0) is 4.74 Å². The van der Waals surface area contributed by atoms with E-state index in [1.54, 1.807) is 25.3 Å². The van der Waals surface area contributed by atoms with Crippen molar-refractivity contribution in [3.05, 3.63) is 53.2 Å². The fraction of sp³-hybridized carbons (Fsp3) is 0.118. The molecule has 0 atom stereocenters. The Morgan fingerprint density at radius 1 is 1.09 bits per heavy atom. The Balaban J connectivity index is 2.11. The van der Waals surface area contributed by atoms with Crippen molar-refractivity contribution in [2.75, 3.05) is 14.2 Å². The van der Waals surface area contributed by atoms with Gasteiger partial charge in [-0.1, -0.05) is 17.7 Å². The number of methoxy groups -OCH3 is 2. The number of fused-ring (bicyclic) bond motifs is 1. The van der Waals surface area contributed by atoms with E-state index in [-0.39, 0.29) is 5.97 Å². The average Bonchev–Trinajstić information content (AvgIpc) is 2.96. The molecule has 0 amide bonds.